The Balaban J connectivity index is 2.60. The molecule has 66 valence electrons. The van der Waals surface area contributed by atoms with E-state index in [1.807, 2.05) is 0 Å². The van der Waals surface area contributed by atoms with Gasteiger partial charge < -0.3 is 4.74 Å². The van der Waals surface area contributed by atoms with Crippen LogP contribution >= 0.6 is 10.7 Å². The van der Waals surface area contributed by atoms with Crippen molar-refractivity contribution in [3.63, 3.8) is 0 Å². The van der Waals surface area contributed by atoms with E-state index in [1.54, 1.807) is 0 Å². The Hall–Kier alpha value is 0.160. The van der Waals surface area contributed by atoms with Gasteiger partial charge in [0.05, 0.1) is 12.6 Å². The molecule has 0 N–H and O–H groups in total. The van der Waals surface area contributed by atoms with Crippen LogP contribution in [0.2, 0.25) is 0 Å². The molecule has 0 saturated carbocycles. The van der Waals surface area contributed by atoms with Crippen LogP contribution in [0.15, 0.2) is 0 Å². The molecule has 0 unspecified atom stereocenters. The van der Waals surface area contributed by atoms with Crippen LogP contribution in [0.4, 0.5) is 0 Å². The zero-order valence-electron chi connectivity index (χ0n) is 6.16. The van der Waals surface area contributed by atoms with Crippen LogP contribution in [0.25, 0.3) is 0 Å². The van der Waals surface area contributed by atoms with E-state index in [0.29, 0.717) is 13.2 Å². The Morgan fingerprint density at radius 2 is 2.27 bits per heavy atom. The zero-order chi connectivity index (χ0) is 8.48. The van der Waals surface area contributed by atoms with Crippen molar-refractivity contribution in [3.05, 3.63) is 0 Å². The molecule has 11 heavy (non-hydrogen) atoms. The molecule has 0 aromatic heterocycles. The number of hydrogen-bond donors (Lipinski definition) is 0. The van der Waals surface area contributed by atoms with E-state index < -0.39 is 9.24 Å². The molecule has 1 rings (SSSR count). The molecule has 1 saturated heterocycles. The maximum absolute atomic E-state index is 10.8. The molecular formula is C5H10ClNO3S. The van der Waals surface area contributed by atoms with Gasteiger partial charge >= 0.3 is 0 Å². The third-order valence-corrected chi connectivity index (χ3v) is 3.40. The normalized spacial score (nSPS) is 26.3. The second kappa shape index (κ2) is 3.26. The summed E-state index contributed by atoms with van der Waals surface area (Å²) >= 11 is 0. The average Bonchev–Trinajstić information content (AvgIpc) is 2.34. The molecule has 1 aliphatic heterocycles. The van der Waals surface area contributed by atoms with Gasteiger partial charge in [0.2, 0.25) is 0 Å². The SMILES string of the molecule is CN([C@H]1CCOC1)S(=O)(=O)Cl. The topological polar surface area (TPSA) is 46.6 Å². The molecule has 0 aromatic carbocycles. The van der Waals surface area contributed by atoms with Crippen LogP contribution in [0.1, 0.15) is 6.42 Å². The fourth-order valence-electron chi connectivity index (χ4n) is 0.987. The van der Waals surface area contributed by atoms with Gasteiger partial charge in [0.15, 0.2) is 0 Å². The standard InChI is InChI=1S/C5H10ClNO3S/c1-7(11(6,8)9)5-2-3-10-4-5/h5H,2-4H2,1H3/t5-/m0/s1. The van der Waals surface area contributed by atoms with Gasteiger partial charge in [-0.05, 0) is 6.42 Å². The molecule has 0 radical (unpaired) electrons. The van der Waals surface area contributed by atoms with E-state index in [-0.39, 0.29) is 6.04 Å². The van der Waals surface area contributed by atoms with Crippen molar-refractivity contribution in [1.29, 1.82) is 0 Å². The molecule has 1 heterocycles. The number of nitrogens with zero attached hydrogens (tertiary/aromatic N) is 1. The first-order valence-corrected chi connectivity index (χ1v) is 5.54. The van der Waals surface area contributed by atoms with Gasteiger partial charge in [-0.3, -0.25) is 0 Å². The number of hydrogen-bond acceptors (Lipinski definition) is 3. The Morgan fingerprint density at radius 1 is 1.64 bits per heavy atom. The van der Waals surface area contributed by atoms with E-state index in [4.69, 9.17) is 15.4 Å². The summed E-state index contributed by atoms with van der Waals surface area (Å²) in [6, 6.07) is -0.0856. The lowest BCUT2D eigenvalue weighted by Gasteiger charge is -2.17. The lowest BCUT2D eigenvalue weighted by atomic mass is 10.3. The van der Waals surface area contributed by atoms with E-state index in [2.05, 4.69) is 0 Å². The summed E-state index contributed by atoms with van der Waals surface area (Å²) in [5.74, 6) is 0. The zero-order valence-corrected chi connectivity index (χ0v) is 7.73. The minimum Gasteiger partial charge on any atom is -0.380 e. The molecule has 1 fully saturated rings. The molecule has 1 aliphatic rings. The van der Waals surface area contributed by atoms with Gasteiger partial charge in [0.1, 0.15) is 0 Å². The van der Waals surface area contributed by atoms with Crippen LogP contribution in [-0.2, 0) is 14.0 Å². The smallest absolute Gasteiger partial charge is 0.299 e. The Labute approximate surface area is 70.6 Å². The lowest BCUT2D eigenvalue weighted by Crippen LogP contribution is -2.34. The van der Waals surface area contributed by atoms with E-state index in [9.17, 15) is 8.42 Å². The predicted octanol–water partition coefficient (Wildman–Crippen LogP) is 0.191. The minimum absolute atomic E-state index is 0.0856. The fourth-order valence-corrected chi connectivity index (χ4v) is 1.85. The lowest BCUT2D eigenvalue weighted by molar-refractivity contribution is 0.181. The molecule has 6 heteroatoms. The summed E-state index contributed by atoms with van der Waals surface area (Å²) in [5, 5.41) is 0. The van der Waals surface area contributed by atoms with Crippen LogP contribution < -0.4 is 0 Å². The van der Waals surface area contributed by atoms with Crippen LogP contribution in [0, 0.1) is 0 Å². The quantitative estimate of drug-likeness (QED) is 0.597. The largest absolute Gasteiger partial charge is 0.380 e. The molecule has 4 nitrogen and oxygen atoms in total. The maximum Gasteiger partial charge on any atom is 0.299 e. The van der Waals surface area contributed by atoms with E-state index >= 15 is 0 Å². The van der Waals surface area contributed by atoms with Crippen LogP contribution in [0.3, 0.4) is 0 Å². The summed E-state index contributed by atoms with van der Waals surface area (Å²) < 4.78 is 27.7. The van der Waals surface area contributed by atoms with Crippen molar-refractivity contribution in [2.75, 3.05) is 20.3 Å². The molecule has 0 spiro atoms. The first-order valence-electron chi connectivity index (χ1n) is 3.27. The van der Waals surface area contributed by atoms with Gasteiger partial charge in [-0.1, -0.05) is 0 Å². The Kier molecular flexibility index (Phi) is 2.74. The molecule has 0 aliphatic carbocycles. The number of ether oxygens (including phenoxy) is 1. The molecule has 0 bridgehead atoms. The van der Waals surface area contributed by atoms with Crippen molar-refractivity contribution in [2.45, 2.75) is 12.5 Å². The predicted molar refractivity (Wildman–Crippen MR) is 41.8 cm³/mol. The number of likely N-dealkylation sites (N-methyl/N-ethyl adjacent to an activating group) is 1. The fraction of sp³-hybridized carbons (Fsp3) is 1.00. The van der Waals surface area contributed by atoms with Gasteiger partial charge in [0.25, 0.3) is 9.24 Å². The van der Waals surface area contributed by atoms with E-state index in [1.165, 1.54) is 7.05 Å². The molecular weight excluding hydrogens is 190 g/mol. The van der Waals surface area contributed by atoms with Crippen LogP contribution in [-0.4, -0.2) is 39.0 Å². The second-order valence-corrected chi connectivity index (χ2v) is 5.05. The highest BCUT2D eigenvalue weighted by atomic mass is 35.7. The maximum atomic E-state index is 10.8. The van der Waals surface area contributed by atoms with Gasteiger partial charge in [-0.2, -0.15) is 12.7 Å². The highest BCUT2D eigenvalue weighted by Gasteiger charge is 2.27. The molecule has 0 aromatic rings. The van der Waals surface area contributed by atoms with Crippen molar-refractivity contribution in [3.8, 4) is 0 Å². The summed E-state index contributed by atoms with van der Waals surface area (Å²) in [6.45, 7) is 1.06. The average molecular weight is 200 g/mol. The molecule has 1 atom stereocenters. The second-order valence-electron chi connectivity index (χ2n) is 2.48. The number of rotatable bonds is 2. The Morgan fingerprint density at radius 3 is 2.64 bits per heavy atom. The van der Waals surface area contributed by atoms with Crippen molar-refractivity contribution in [2.24, 2.45) is 0 Å². The summed E-state index contributed by atoms with van der Waals surface area (Å²) in [6.07, 6.45) is 0.725. The first kappa shape index (κ1) is 9.25. The Bertz CT molecular complexity index is 222. The van der Waals surface area contributed by atoms with Gasteiger partial charge in [-0.25, -0.2) is 0 Å². The van der Waals surface area contributed by atoms with Crippen LogP contribution in [0.5, 0.6) is 0 Å². The molecule has 0 amide bonds. The third kappa shape index (κ3) is 2.30. The van der Waals surface area contributed by atoms with E-state index in [0.717, 1.165) is 10.7 Å². The van der Waals surface area contributed by atoms with Crippen molar-refractivity contribution in [1.82, 2.24) is 4.31 Å². The van der Waals surface area contributed by atoms with Crippen molar-refractivity contribution >= 4 is 19.9 Å². The summed E-state index contributed by atoms with van der Waals surface area (Å²) in [4.78, 5) is 0. The highest BCUT2D eigenvalue weighted by Crippen LogP contribution is 2.15. The minimum atomic E-state index is -3.56. The third-order valence-electron chi connectivity index (χ3n) is 1.76. The van der Waals surface area contributed by atoms with Crippen molar-refractivity contribution < 1.29 is 13.2 Å². The summed E-state index contributed by atoms with van der Waals surface area (Å²) in [5.41, 5.74) is 0. The van der Waals surface area contributed by atoms with Gasteiger partial charge in [-0.15, -0.1) is 0 Å². The van der Waals surface area contributed by atoms with Gasteiger partial charge in [0, 0.05) is 24.3 Å². The first-order chi connectivity index (χ1) is 5.02. The monoisotopic (exact) mass is 199 g/mol. The summed E-state index contributed by atoms with van der Waals surface area (Å²) in [7, 11) is 3.01. The number of halogens is 1. The highest BCUT2D eigenvalue weighted by molar-refractivity contribution is 8.11.